The lowest BCUT2D eigenvalue weighted by molar-refractivity contribution is -0.142. The van der Waals surface area contributed by atoms with Crippen molar-refractivity contribution in [1.82, 2.24) is 24.1 Å². The molecule has 1 unspecified atom stereocenters. The number of hydrogen-bond acceptors (Lipinski definition) is 4. The van der Waals surface area contributed by atoms with Crippen molar-refractivity contribution >= 4 is 17.5 Å². The first-order valence-electron chi connectivity index (χ1n) is 9.82. The van der Waals surface area contributed by atoms with Gasteiger partial charge in [-0.15, -0.1) is 0 Å². The number of rotatable bonds is 3. The van der Waals surface area contributed by atoms with Crippen molar-refractivity contribution in [2.24, 2.45) is 0 Å². The molecule has 27 heavy (non-hydrogen) atoms. The molecular formula is C20H27N5O2. The second-order valence-corrected chi connectivity index (χ2v) is 7.70. The Labute approximate surface area is 159 Å². The van der Waals surface area contributed by atoms with Crippen molar-refractivity contribution in [3.05, 3.63) is 36.3 Å². The van der Waals surface area contributed by atoms with Gasteiger partial charge in [-0.05, 0) is 38.8 Å². The molecule has 0 spiro atoms. The van der Waals surface area contributed by atoms with E-state index in [-0.39, 0.29) is 23.9 Å². The summed E-state index contributed by atoms with van der Waals surface area (Å²) in [6, 6.07) is 5.94. The summed E-state index contributed by atoms with van der Waals surface area (Å²) >= 11 is 0. The predicted molar refractivity (Wildman–Crippen MR) is 103 cm³/mol. The number of amides is 2. The molecule has 2 aliphatic heterocycles. The van der Waals surface area contributed by atoms with Crippen LogP contribution >= 0.6 is 0 Å². The maximum atomic E-state index is 12.8. The summed E-state index contributed by atoms with van der Waals surface area (Å²) in [5.74, 6) is 0.216. The average molecular weight is 369 g/mol. The number of piperidine rings is 1. The Morgan fingerprint density at radius 3 is 2.63 bits per heavy atom. The van der Waals surface area contributed by atoms with Crippen molar-refractivity contribution in [3.8, 4) is 0 Å². The van der Waals surface area contributed by atoms with Crippen LogP contribution in [0.2, 0.25) is 0 Å². The van der Waals surface area contributed by atoms with Crippen LogP contribution in [-0.2, 0) is 4.79 Å². The van der Waals surface area contributed by atoms with Gasteiger partial charge in [-0.2, -0.15) is 0 Å². The van der Waals surface area contributed by atoms with Crippen LogP contribution in [0, 0.1) is 0 Å². The van der Waals surface area contributed by atoms with Crippen molar-refractivity contribution in [1.29, 1.82) is 0 Å². The minimum atomic E-state index is -0.0337. The quantitative estimate of drug-likeness (QED) is 0.823. The molecule has 0 radical (unpaired) electrons. The van der Waals surface area contributed by atoms with E-state index in [1.54, 1.807) is 6.20 Å². The van der Waals surface area contributed by atoms with Crippen LogP contribution in [0.1, 0.15) is 37.2 Å². The number of fused-ring (bicyclic) bond motifs is 1. The third-order valence-electron chi connectivity index (χ3n) is 5.69. The molecule has 2 aromatic heterocycles. The summed E-state index contributed by atoms with van der Waals surface area (Å²) in [5, 5.41) is 0. The monoisotopic (exact) mass is 369 g/mol. The molecule has 0 bridgehead atoms. The van der Waals surface area contributed by atoms with E-state index in [0.29, 0.717) is 18.8 Å². The molecule has 144 valence electrons. The van der Waals surface area contributed by atoms with Crippen molar-refractivity contribution < 1.29 is 9.59 Å². The molecule has 0 aromatic carbocycles. The van der Waals surface area contributed by atoms with Crippen molar-refractivity contribution in [2.75, 3.05) is 32.7 Å². The average Bonchev–Trinajstić information content (AvgIpc) is 3.12. The maximum Gasteiger partial charge on any atom is 0.274 e. The largest absolute Gasteiger partial charge is 0.339 e. The topological polar surface area (TPSA) is 61.2 Å². The van der Waals surface area contributed by atoms with Gasteiger partial charge in [0.05, 0.1) is 6.04 Å². The fourth-order valence-electron chi connectivity index (χ4n) is 4.17. The van der Waals surface area contributed by atoms with Crippen LogP contribution in [0.4, 0.5) is 0 Å². The maximum absolute atomic E-state index is 12.8. The number of nitrogens with zero attached hydrogens (tertiary/aromatic N) is 5. The summed E-state index contributed by atoms with van der Waals surface area (Å²) in [6.07, 6.45) is 5.65. The highest BCUT2D eigenvalue weighted by Crippen LogP contribution is 2.21. The number of carbonyl (C=O) groups is 2. The highest BCUT2D eigenvalue weighted by atomic mass is 16.2. The minimum absolute atomic E-state index is 0.0304. The van der Waals surface area contributed by atoms with Crippen molar-refractivity contribution in [3.63, 3.8) is 0 Å². The first-order chi connectivity index (χ1) is 13.0. The van der Waals surface area contributed by atoms with E-state index in [0.717, 1.165) is 38.1 Å². The summed E-state index contributed by atoms with van der Waals surface area (Å²) < 4.78 is 1.87. The minimum Gasteiger partial charge on any atom is -0.339 e. The lowest BCUT2D eigenvalue weighted by Gasteiger charge is -2.43. The number of imidazole rings is 1. The molecule has 0 N–H and O–H groups in total. The molecule has 2 aliphatic rings. The molecule has 2 amide bonds. The fourth-order valence-corrected chi connectivity index (χ4v) is 4.17. The second kappa shape index (κ2) is 7.31. The van der Waals surface area contributed by atoms with Gasteiger partial charge in [0.15, 0.2) is 0 Å². The Balaban J connectivity index is 1.39. The first kappa shape index (κ1) is 18.0. The smallest absolute Gasteiger partial charge is 0.274 e. The molecule has 2 fully saturated rings. The highest BCUT2D eigenvalue weighted by molar-refractivity contribution is 5.93. The van der Waals surface area contributed by atoms with Gasteiger partial charge in [-0.3, -0.25) is 14.5 Å². The van der Waals surface area contributed by atoms with E-state index in [4.69, 9.17) is 0 Å². The van der Waals surface area contributed by atoms with Gasteiger partial charge in [-0.25, -0.2) is 4.98 Å². The third kappa shape index (κ3) is 3.43. The van der Waals surface area contributed by atoms with Gasteiger partial charge in [0, 0.05) is 51.2 Å². The van der Waals surface area contributed by atoms with Gasteiger partial charge in [-0.1, -0.05) is 6.07 Å². The van der Waals surface area contributed by atoms with Crippen LogP contribution in [-0.4, -0.2) is 80.7 Å². The summed E-state index contributed by atoms with van der Waals surface area (Å²) in [5.41, 5.74) is 1.26. The lowest BCUT2D eigenvalue weighted by Crippen LogP contribution is -2.59. The zero-order valence-corrected chi connectivity index (χ0v) is 16.0. The molecule has 0 aliphatic carbocycles. The normalized spacial score (nSPS) is 22.0. The van der Waals surface area contributed by atoms with E-state index < -0.39 is 0 Å². The van der Waals surface area contributed by atoms with E-state index in [2.05, 4.69) is 23.7 Å². The zero-order valence-electron chi connectivity index (χ0n) is 16.0. The van der Waals surface area contributed by atoms with Crippen LogP contribution in [0.5, 0.6) is 0 Å². The van der Waals surface area contributed by atoms with Crippen molar-refractivity contribution in [2.45, 2.75) is 38.8 Å². The summed E-state index contributed by atoms with van der Waals surface area (Å²) in [6.45, 7) is 7.76. The SMILES string of the molecule is CC(C)N1CCCC(N2CCN(C(=O)c3cn4ccccc4n3)CC2)C1=O. The fraction of sp³-hybridized carbons (Fsp3) is 0.550. The zero-order chi connectivity index (χ0) is 19.0. The molecule has 7 heteroatoms. The van der Waals surface area contributed by atoms with Gasteiger partial charge in [0.2, 0.25) is 5.91 Å². The molecule has 2 saturated heterocycles. The first-order valence-corrected chi connectivity index (χ1v) is 9.82. The Bertz CT molecular complexity index is 805. The molecule has 1 atom stereocenters. The lowest BCUT2D eigenvalue weighted by atomic mass is 10.0. The molecule has 4 rings (SSSR count). The highest BCUT2D eigenvalue weighted by Gasteiger charge is 2.36. The number of aromatic nitrogens is 2. The molecule has 0 saturated carbocycles. The van der Waals surface area contributed by atoms with E-state index in [1.165, 1.54) is 0 Å². The number of piperazine rings is 1. The van der Waals surface area contributed by atoms with E-state index >= 15 is 0 Å². The molecular weight excluding hydrogens is 342 g/mol. The predicted octanol–water partition coefficient (Wildman–Crippen LogP) is 1.49. The summed E-state index contributed by atoms with van der Waals surface area (Å²) in [7, 11) is 0. The van der Waals surface area contributed by atoms with Gasteiger partial charge < -0.3 is 14.2 Å². The van der Waals surface area contributed by atoms with E-state index in [9.17, 15) is 9.59 Å². The number of carbonyl (C=O) groups excluding carboxylic acids is 2. The van der Waals surface area contributed by atoms with Gasteiger partial charge in [0.1, 0.15) is 11.3 Å². The Kier molecular flexibility index (Phi) is 4.86. The van der Waals surface area contributed by atoms with E-state index in [1.807, 2.05) is 38.6 Å². The van der Waals surface area contributed by atoms with Crippen LogP contribution < -0.4 is 0 Å². The van der Waals surface area contributed by atoms with Crippen LogP contribution in [0.25, 0.3) is 5.65 Å². The van der Waals surface area contributed by atoms with Crippen LogP contribution in [0.3, 0.4) is 0 Å². The Morgan fingerprint density at radius 1 is 1.15 bits per heavy atom. The van der Waals surface area contributed by atoms with Gasteiger partial charge in [0.25, 0.3) is 5.91 Å². The number of hydrogen-bond donors (Lipinski definition) is 0. The Morgan fingerprint density at radius 2 is 1.93 bits per heavy atom. The molecule has 7 nitrogen and oxygen atoms in total. The van der Waals surface area contributed by atoms with Gasteiger partial charge >= 0.3 is 0 Å². The molecule has 4 heterocycles. The molecule has 2 aromatic rings. The second-order valence-electron chi connectivity index (χ2n) is 7.70. The Hall–Kier alpha value is -2.41. The van der Waals surface area contributed by atoms with Crippen LogP contribution in [0.15, 0.2) is 30.6 Å². The number of pyridine rings is 1. The number of likely N-dealkylation sites (tertiary alicyclic amines) is 1. The standard InChI is InChI=1S/C20H27N5O2/c1-15(2)25-9-5-6-17(20(25)27)22-10-12-23(13-11-22)19(26)16-14-24-8-4-3-7-18(24)21-16/h3-4,7-8,14-15,17H,5-6,9-13H2,1-2H3. The summed E-state index contributed by atoms with van der Waals surface area (Å²) in [4.78, 5) is 36.1. The third-order valence-corrected chi connectivity index (χ3v) is 5.69.